The summed E-state index contributed by atoms with van der Waals surface area (Å²) in [4.78, 5) is 11.5. The first-order chi connectivity index (χ1) is 7.86. The van der Waals surface area contributed by atoms with Crippen molar-refractivity contribution in [1.29, 1.82) is 0 Å². The van der Waals surface area contributed by atoms with Crippen LogP contribution in [0.3, 0.4) is 0 Å². The third-order valence-electron chi connectivity index (χ3n) is 1.94. The van der Waals surface area contributed by atoms with Gasteiger partial charge in [0.15, 0.2) is 0 Å². The molecule has 1 amide bonds. The maximum absolute atomic E-state index is 11.5. The lowest BCUT2D eigenvalue weighted by molar-refractivity contribution is 0.0955. The van der Waals surface area contributed by atoms with Crippen LogP contribution in [0.1, 0.15) is 16.1 Å². The molecule has 0 radical (unpaired) electrons. The lowest BCUT2D eigenvalue weighted by Crippen LogP contribution is -2.17. The minimum atomic E-state index is -0.247. The van der Waals surface area contributed by atoms with Crippen LogP contribution in [-0.2, 0) is 0 Å². The van der Waals surface area contributed by atoms with Crippen LogP contribution in [0.25, 0.3) is 0 Å². The van der Waals surface area contributed by atoms with Crippen molar-refractivity contribution in [3.63, 3.8) is 0 Å². The summed E-state index contributed by atoms with van der Waals surface area (Å²) in [7, 11) is 0. The number of amides is 1. The van der Waals surface area contributed by atoms with Crippen LogP contribution in [-0.4, -0.2) is 12.1 Å². The molecule has 2 rings (SSSR count). The van der Waals surface area contributed by atoms with Crippen LogP contribution < -0.4 is 5.43 Å². The number of nitrogens with one attached hydrogen (secondary N) is 1. The molecule has 2 aromatic rings. The quantitative estimate of drug-likeness (QED) is 0.628. The molecule has 0 aliphatic carbocycles. The van der Waals surface area contributed by atoms with Crippen LogP contribution >= 0.6 is 0 Å². The lowest BCUT2D eigenvalue weighted by atomic mass is 10.2. The van der Waals surface area contributed by atoms with E-state index in [2.05, 4.69) is 10.5 Å². The largest absolute Gasteiger partial charge is 0.463 e. The number of nitrogens with zero attached hydrogens (tertiary/aromatic N) is 1. The van der Waals surface area contributed by atoms with Crippen molar-refractivity contribution in [3.8, 4) is 0 Å². The van der Waals surface area contributed by atoms with E-state index in [1.807, 2.05) is 6.07 Å². The van der Waals surface area contributed by atoms with Crippen molar-refractivity contribution >= 4 is 12.1 Å². The molecule has 0 saturated carbocycles. The highest BCUT2D eigenvalue weighted by molar-refractivity contribution is 5.94. The summed E-state index contributed by atoms with van der Waals surface area (Å²) in [5.74, 6) is 0.344. The highest BCUT2D eigenvalue weighted by Crippen LogP contribution is 1.98. The van der Waals surface area contributed by atoms with E-state index in [0.717, 1.165) is 0 Å². The SMILES string of the molecule is O=C(NN=Cc1ccco1)c1ccccc1. The normalized spacial score (nSPS) is 10.5. The lowest BCUT2D eigenvalue weighted by Gasteiger charge is -1.97. The Labute approximate surface area is 92.6 Å². The van der Waals surface area contributed by atoms with Crippen molar-refractivity contribution in [2.24, 2.45) is 5.10 Å². The standard InChI is InChI=1S/C12H10N2O2/c15-12(10-5-2-1-3-6-10)14-13-9-11-7-4-8-16-11/h1-9H,(H,14,15). The zero-order chi connectivity index (χ0) is 11.2. The minimum Gasteiger partial charge on any atom is -0.463 e. The summed E-state index contributed by atoms with van der Waals surface area (Å²) in [5, 5.41) is 3.77. The number of rotatable bonds is 3. The average molecular weight is 214 g/mol. The first-order valence-corrected chi connectivity index (χ1v) is 4.78. The molecule has 0 saturated heterocycles. The Bertz CT molecular complexity index is 475. The first-order valence-electron chi connectivity index (χ1n) is 4.78. The van der Waals surface area contributed by atoms with Crippen LogP contribution in [0.2, 0.25) is 0 Å². The molecular weight excluding hydrogens is 204 g/mol. The second-order valence-electron chi connectivity index (χ2n) is 3.08. The van der Waals surface area contributed by atoms with Crippen LogP contribution in [0, 0.1) is 0 Å². The van der Waals surface area contributed by atoms with Gasteiger partial charge < -0.3 is 4.42 Å². The number of furan rings is 1. The first kappa shape index (κ1) is 10.2. The van der Waals surface area contributed by atoms with Gasteiger partial charge in [-0.2, -0.15) is 5.10 Å². The van der Waals surface area contributed by atoms with Gasteiger partial charge in [-0.1, -0.05) is 18.2 Å². The number of hydrazone groups is 1. The minimum absolute atomic E-state index is 0.247. The molecule has 1 heterocycles. The third-order valence-corrected chi connectivity index (χ3v) is 1.94. The Kier molecular flexibility index (Phi) is 3.13. The molecule has 80 valence electrons. The number of carbonyl (C=O) groups is 1. The molecule has 4 heteroatoms. The molecule has 0 unspecified atom stereocenters. The molecule has 0 aliphatic heterocycles. The van der Waals surface area contributed by atoms with E-state index in [0.29, 0.717) is 11.3 Å². The van der Waals surface area contributed by atoms with Gasteiger partial charge in [-0.3, -0.25) is 4.79 Å². The van der Waals surface area contributed by atoms with Crippen LogP contribution in [0.5, 0.6) is 0 Å². The van der Waals surface area contributed by atoms with Crippen molar-refractivity contribution in [2.75, 3.05) is 0 Å². The molecule has 4 nitrogen and oxygen atoms in total. The Morgan fingerprint density at radius 3 is 2.69 bits per heavy atom. The summed E-state index contributed by atoms with van der Waals surface area (Å²) in [5.41, 5.74) is 2.98. The van der Waals surface area contributed by atoms with Crippen LogP contribution in [0.4, 0.5) is 0 Å². The maximum atomic E-state index is 11.5. The Morgan fingerprint density at radius 1 is 1.19 bits per heavy atom. The monoisotopic (exact) mass is 214 g/mol. The molecule has 1 N–H and O–H groups in total. The molecule has 0 aliphatic rings. The number of benzene rings is 1. The van der Waals surface area contributed by atoms with Crippen molar-refractivity contribution in [3.05, 3.63) is 60.1 Å². The van der Waals surface area contributed by atoms with E-state index >= 15 is 0 Å². The van der Waals surface area contributed by atoms with Gasteiger partial charge in [0, 0.05) is 5.56 Å². The van der Waals surface area contributed by atoms with Crippen molar-refractivity contribution < 1.29 is 9.21 Å². The van der Waals surface area contributed by atoms with Gasteiger partial charge in [0.25, 0.3) is 5.91 Å². The number of hydrogen-bond donors (Lipinski definition) is 1. The molecule has 0 atom stereocenters. The fourth-order valence-corrected chi connectivity index (χ4v) is 1.17. The van der Waals surface area contributed by atoms with Gasteiger partial charge in [-0.15, -0.1) is 0 Å². The van der Waals surface area contributed by atoms with Gasteiger partial charge in [0.1, 0.15) is 5.76 Å². The topological polar surface area (TPSA) is 54.6 Å². The van der Waals surface area contributed by atoms with E-state index in [9.17, 15) is 4.79 Å². The molecular formula is C12H10N2O2. The van der Waals surface area contributed by atoms with E-state index in [1.54, 1.807) is 42.7 Å². The summed E-state index contributed by atoms with van der Waals surface area (Å²) in [6, 6.07) is 12.4. The zero-order valence-electron chi connectivity index (χ0n) is 8.46. The second-order valence-corrected chi connectivity index (χ2v) is 3.08. The number of carbonyl (C=O) groups excluding carboxylic acids is 1. The van der Waals surface area contributed by atoms with E-state index in [-0.39, 0.29) is 5.91 Å². The maximum Gasteiger partial charge on any atom is 0.271 e. The van der Waals surface area contributed by atoms with Gasteiger partial charge >= 0.3 is 0 Å². The van der Waals surface area contributed by atoms with Gasteiger partial charge in [0.05, 0.1) is 12.5 Å². The van der Waals surface area contributed by atoms with Crippen LogP contribution in [0.15, 0.2) is 58.2 Å². The predicted octanol–water partition coefficient (Wildman–Crippen LogP) is 2.04. The smallest absolute Gasteiger partial charge is 0.271 e. The second kappa shape index (κ2) is 4.93. The molecule has 1 aromatic carbocycles. The molecule has 0 bridgehead atoms. The van der Waals surface area contributed by atoms with Gasteiger partial charge in [-0.05, 0) is 24.3 Å². The summed E-state index contributed by atoms with van der Waals surface area (Å²) in [6.45, 7) is 0. The highest BCUT2D eigenvalue weighted by Gasteiger charge is 2.01. The Balaban J connectivity index is 1.94. The fraction of sp³-hybridized carbons (Fsp3) is 0. The Hall–Kier alpha value is -2.36. The average Bonchev–Trinajstić information content (AvgIpc) is 2.83. The van der Waals surface area contributed by atoms with E-state index in [1.165, 1.54) is 6.21 Å². The van der Waals surface area contributed by atoms with Crippen molar-refractivity contribution in [1.82, 2.24) is 5.43 Å². The zero-order valence-corrected chi connectivity index (χ0v) is 8.46. The molecule has 1 aromatic heterocycles. The highest BCUT2D eigenvalue weighted by atomic mass is 16.3. The third kappa shape index (κ3) is 2.57. The van der Waals surface area contributed by atoms with Crippen molar-refractivity contribution in [2.45, 2.75) is 0 Å². The fourth-order valence-electron chi connectivity index (χ4n) is 1.17. The summed E-state index contributed by atoms with van der Waals surface area (Å²) in [6.07, 6.45) is 2.99. The summed E-state index contributed by atoms with van der Waals surface area (Å²) >= 11 is 0. The Morgan fingerprint density at radius 2 is 2.00 bits per heavy atom. The molecule has 0 spiro atoms. The van der Waals surface area contributed by atoms with Gasteiger partial charge in [0.2, 0.25) is 0 Å². The number of hydrogen-bond acceptors (Lipinski definition) is 3. The predicted molar refractivity (Wildman–Crippen MR) is 60.2 cm³/mol. The molecule has 16 heavy (non-hydrogen) atoms. The van der Waals surface area contributed by atoms with Gasteiger partial charge in [-0.25, -0.2) is 5.43 Å². The van der Waals surface area contributed by atoms with E-state index in [4.69, 9.17) is 4.42 Å². The van der Waals surface area contributed by atoms with E-state index < -0.39 is 0 Å². The summed E-state index contributed by atoms with van der Waals surface area (Å²) < 4.78 is 5.02. The molecule has 0 fully saturated rings.